The lowest BCUT2D eigenvalue weighted by Crippen LogP contribution is -2.35. The molecule has 0 radical (unpaired) electrons. The third-order valence-electron chi connectivity index (χ3n) is 2.35. The van der Waals surface area contributed by atoms with Gasteiger partial charge in [-0.05, 0) is 29.5 Å². The molecule has 0 aliphatic heterocycles. The molecule has 1 aromatic rings. The van der Waals surface area contributed by atoms with Crippen LogP contribution >= 0.6 is 22.6 Å². The van der Waals surface area contributed by atoms with Crippen molar-refractivity contribution in [3.63, 3.8) is 0 Å². The van der Waals surface area contributed by atoms with E-state index in [1.165, 1.54) is 0 Å². The Morgan fingerprint density at radius 1 is 1.69 bits per heavy atom. The van der Waals surface area contributed by atoms with E-state index in [0.29, 0.717) is 6.54 Å². The Labute approximate surface area is 109 Å². The maximum absolute atomic E-state index is 7.40. The average Bonchev–Trinajstić information content (AvgIpc) is 2.26. The predicted octanol–water partition coefficient (Wildman–Crippen LogP) is 1.48. The summed E-state index contributed by atoms with van der Waals surface area (Å²) in [5, 5.41) is 7.40. The van der Waals surface area contributed by atoms with Gasteiger partial charge < -0.3 is 10.6 Å². The quantitative estimate of drug-likeness (QED) is 0.486. The van der Waals surface area contributed by atoms with E-state index in [0.717, 1.165) is 15.9 Å². The minimum Gasteiger partial charge on any atom is -0.387 e. The van der Waals surface area contributed by atoms with E-state index in [4.69, 9.17) is 11.1 Å². The molecular formula is C10H16IN5. The van der Waals surface area contributed by atoms with Crippen LogP contribution in [0.25, 0.3) is 0 Å². The van der Waals surface area contributed by atoms with Gasteiger partial charge in [-0.25, -0.2) is 9.97 Å². The Bertz CT molecular complexity index is 368. The van der Waals surface area contributed by atoms with E-state index in [-0.39, 0.29) is 11.8 Å². The zero-order chi connectivity index (χ0) is 12.1. The zero-order valence-corrected chi connectivity index (χ0v) is 11.6. The highest BCUT2D eigenvalue weighted by Gasteiger charge is 2.14. The molecule has 0 aromatic carbocycles. The highest BCUT2D eigenvalue weighted by atomic mass is 127. The van der Waals surface area contributed by atoms with E-state index in [9.17, 15) is 0 Å². The van der Waals surface area contributed by atoms with Crippen LogP contribution < -0.4 is 10.6 Å². The molecule has 0 spiro atoms. The highest BCUT2D eigenvalue weighted by molar-refractivity contribution is 14.1. The average molecular weight is 333 g/mol. The van der Waals surface area contributed by atoms with Crippen LogP contribution in [0.2, 0.25) is 0 Å². The van der Waals surface area contributed by atoms with Gasteiger partial charge in [-0.3, -0.25) is 5.41 Å². The van der Waals surface area contributed by atoms with Crippen LogP contribution in [0.15, 0.2) is 12.5 Å². The molecule has 1 heterocycles. The van der Waals surface area contributed by atoms with Gasteiger partial charge in [0.2, 0.25) is 0 Å². The summed E-state index contributed by atoms with van der Waals surface area (Å²) >= 11 is 2.21. The number of hydrogen-bond acceptors (Lipinski definition) is 4. The molecule has 0 aliphatic carbocycles. The molecule has 6 heteroatoms. The number of nitrogens with one attached hydrogen (secondary N) is 1. The largest absolute Gasteiger partial charge is 0.387 e. The van der Waals surface area contributed by atoms with Crippen molar-refractivity contribution in [2.75, 3.05) is 18.0 Å². The molecule has 5 nitrogen and oxygen atoms in total. The fourth-order valence-corrected chi connectivity index (χ4v) is 1.97. The lowest BCUT2D eigenvalue weighted by atomic mass is 10.1. The summed E-state index contributed by atoms with van der Waals surface area (Å²) < 4.78 is 1.01. The van der Waals surface area contributed by atoms with Crippen molar-refractivity contribution in [3.8, 4) is 0 Å². The summed E-state index contributed by atoms with van der Waals surface area (Å²) in [5.41, 5.74) is 5.48. The molecule has 88 valence electrons. The topological polar surface area (TPSA) is 78.9 Å². The minimum atomic E-state index is 0.0331. The molecule has 0 saturated carbocycles. The minimum absolute atomic E-state index is 0.0331. The van der Waals surface area contributed by atoms with Crippen LogP contribution in [0.1, 0.15) is 13.8 Å². The Morgan fingerprint density at radius 2 is 2.38 bits per heavy atom. The predicted molar refractivity (Wildman–Crippen MR) is 73.7 cm³/mol. The molecule has 1 aromatic heterocycles. The van der Waals surface area contributed by atoms with Gasteiger partial charge in [0.25, 0.3) is 0 Å². The number of halogens is 1. The van der Waals surface area contributed by atoms with Crippen molar-refractivity contribution in [3.05, 3.63) is 16.1 Å². The number of rotatable bonds is 5. The maximum atomic E-state index is 7.40. The van der Waals surface area contributed by atoms with Gasteiger partial charge in [0.15, 0.2) is 0 Å². The molecule has 0 fully saturated rings. The first-order chi connectivity index (χ1) is 7.56. The van der Waals surface area contributed by atoms with Gasteiger partial charge in [0.05, 0.1) is 9.41 Å². The van der Waals surface area contributed by atoms with Crippen molar-refractivity contribution < 1.29 is 0 Å². The first-order valence-corrected chi connectivity index (χ1v) is 6.18. The van der Waals surface area contributed by atoms with Crippen LogP contribution in [0.4, 0.5) is 5.82 Å². The lowest BCUT2D eigenvalue weighted by Gasteiger charge is -2.25. The van der Waals surface area contributed by atoms with Gasteiger partial charge in [-0.1, -0.05) is 6.92 Å². The smallest absolute Gasteiger partial charge is 0.145 e. The zero-order valence-electron chi connectivity index (χ0n) is 9.44. The number of amidine groups is 1. The molecule has 0 bridgehead atoms. The van der Waals surface area contributed by atoms with Gasteiger partial charge >= 0.3 is 0 Å². The molecule has 16 heavy (non-hydrogen) atoms. The van der Waals surface area contributed by atoms with E-state index < -0.39 is 0 Å². The fourth-order valence-electron chi connectivity index (χ4n) is 1.33. The summed E-state index contributed by atoms with van der Waals surface area (Å²) in [6.45, 7) is 5.55. The Hall–Kier alpha value is -0.920. The summed E-state index contributed by atoms with van der Waals surface area (Å²) in [4.78, 5) is 10.3. The highest BCUT2D eigenvalue weighted by Crippen LogP contribution is 2.18. The van der Waals surface area contributed by atoms with Crippen molar-refractivity contribution in [2.24, 2.45) is 11.7 Å². The Kier molecular flexibility index (Phi) is 4.91. The number of anilines is 1. The van der Waals surface area contributed by atoms with Crippen LogP contribution in [0.3, 0.4) is 0 Å². The van der Waals surface area contributed by atoms with Crippen molar-refractivity contribution in [2.45, 2.75) is 13.8 Å². The second-order valence-electron chi connectivity index (χ2n) is 3.59. The molecular weight excluding hydrogens is 317 g/mol. The van der Waals surface area contributed by atoms with Crippen molar-refractivity contribution >= 4 is 34.2 Å². The fraction of sp³-hybridized carbons (Fsp3) is 0.500. The van der Waals surface area contributed by atoms with Gasteiger partial charge in [0, 0.05) is 25.2 Å². The molecule has 0 saturated heterocycles. The first-order valence-electron chi connectivity index (χ1n) is 5.10. The number of nitrogens with zero attached hydrogens (tertiary/aromatic N) is 3. The van der Waals surface area contributed by atoms with Crippen LogP contribution in [0, 0.1) is 14.9 Å². The number of hydrogen-bond donors (Lipinski definition) is 2. The standard InChI is InChI=1S/C10H16IN5/c1-3-16(5-7(2)9(12)13)10-8(11)4-14-6-15-10/h4,6-7H,3,5H2,1-2H3,(H3,12,13). The van der Waals surface area contributed by atoms with Crippen molar-refractivity contribution in [1.29, 1.82) is 5.41 Å². The van der Waals surface area contributed by atoms with E-state index in [2.05, 4.69) is 44.4 Å². The van der Waals surface area contributed by atoms with Gasteiger partial charge in [-0.2, -0.15) is 0 Å². The summed E-state index contributed by atoms with van der Waals surface area (Å²) in [6.07, 6.45) is 3.32. The monoisotopic (exact) mass is 333 g/mol. The Morgan fingerprint density at radius 3 is 2.88 bits per heavy atom. The number of nitrogens with two attached hydrogens (primary N) is 1. The molecule has 0 amide bonds. The molecule has 1 atom stereocenters. The van der Waals surface area contributed by atoms with Crippen LogP contribution in [0.5, 0.6) is 0 Å². The SMILES string of the molecule is CCN(CC(C)C(=N)N)c1ncncc1I. The van der Waals surface area contributed by atoms with Crippen LogP contribution in [-0.2, 0) is 0 Å². The lowest BCUT2D eigenvalue weighted by molar-refractivity contribution is 0.688. The summed E-state index contributed by atoms with van der Waals surface area (Å²) in [7, 11) is 0. The van der Waals surface area contributed by atoms with E-state index in [1.807, 2.05) is 6.92 Å². The molecule has 3 N–H and O–H groups in total. The second kappa shape index (κ2) is 5.97. The van der Waals surface area contributed by atoms with Crippen LogP contribution in [-0.4, -0.2) is 28.9 Å². The van der Waals surface area contributed by atoms with Gasteiger partial charge in [-0.15, -0.1) is 0 Å². The second-order valence-corrected chi connectivity index (χ2v) is 4.75. The van der Waals surface area contributed by atoms with E-state index >= 15 is 0 Å². The maximum Gasteiger partial charge on any atom is 0.145 e. The van der Waals surface area contributed by atoms with Gasteiger partial charge in [0.1, 0.15) is 12.1 Å². The third kappa shape index (κ3) is 3.29. The molecule has 0 aliphatic rings. The third-order valence-corrected chi connectivity index (χ3v) is 3.12. The Balaban J connectivity index is 2.83. The molecule has 1 unspecified atom stereocenters. The summed E-state index contributed by atoms with van der Waals surface area (Å²) in [5.74, 6) is 1.15. The molecule has 1 rings (SSSR count). The number of aromatic nitrogens is 2. The first kappa shape index (κ1) is 13.1. The van der Waals surface area contributed by atoms with E-state index in [1.54, 1.807) is 12.5 Å². The normalized spacial score (nSPS) is 12.2. The summed E-state index contributed by atoms with van der Waals surface area (Å²) in [6, 6.07) is 0. The van der Waals surface area contributed by atoms with Crippen molar-refractivity contribution in [1.82, 2.24) is 9.97 Å².